The summed E-state index contributed by atoms with van der Waals surface area (Å²) in [5.41, 5.74) is 0.530. The normalized spacial score (nSPS) is 19.5. The number of aromatic nitrogens is 3. The molecule has 0 aromatic carbocycles. The molecule has 3 heterocycles. The molecule has 2 atom stereocenters. The van der Waals surface area contributed by atoms with Crippen LogP contribution in [0.2, 0.25) is 0 Å². The molecular formula is C16H23N5O2S. The van der Waals surface area contributed by atoms with E-state index in [0.29, 0.717) is 17.2 Å². The van der Waals surface area contributed by atoms with Crippen LogP contribution in [-0.4, -0.2) is 39.6 Å². The fraction of sp³-hybridized carbons (Fsp3) is 0.625. The number of nitrogens with one attached hydrogen (secondary N) is 1. The second-order valence-electron chi connectivity index (χ2n) is 6.42. The summed E-state index contributed by atoms with van der Waals surface area (Å²) in [4.78, 5) is 31.5. The highest BCUT2D eigenvalue weighted by atomic mass is 32.1. The minimum absolute atomic E-state index is 0.0359. The first-order valence-corrected chi connectivity index (χ1v) is 9.22. The summed E-state index contributed by atoms with van der Waals surface area (Å²) in [5.74, 6) is 0.0764. The van der Waals surface area contributed by atoms with Crippen LogP contribution in [0.25, 0.3) is 4.96 Å². The molecule has 1 amide bonds. The summed E-state index contributed by atoms with van der Waals surface area (Å²) in [5, 5.41) is 8.22. The molecule has 7 nitrogen and oxygen atoms in total. The Bertz CT molecular complexity index is 799. The van der Waals surface area contributed by atoms with Crippen molar-refractivity contribution in [2.75, 3.05) is 18.0 Å². The van der Waals surface area contributed by atoms with E-state index in [4.69, 9.17) is 0 Å². The van der Waals surface area contributed by atoms with Crippen LogP contribution in [0.5, 0.6) is 0 Å². The highest BCUT2D eigenvalue weighted by Crippen LogP contribution is 2.27. The molecule has 3 rings (SSSR count). The zero-order chi connectivity index (χ0) is 17.3. The summed E-state index contributed by atoms with van der Waals surface area (Å²) in [6.45, 7) is 7.37. The SMILES string of the molecule is CC[C@H](C)NC(=O)[C@@H]1CCCN(c2nn3c(=O)cc(C)nc3s2)C1. The Labute approximate surface area is 144 Å². The Morgan fingerprint density at radius 3 is 3.08 bits per heavy atom. The topological polar surface area (TPSA) is 79.6 Å². The molecule has 0 unspecified atom stereocenters. The van der Waals surface area contributed by atoms with E-state index in [1.807, 2.05) is 6.92 Å². The lowest BCUT2D eigenvalue weighted by atomic mass is 9.97. The smallest absolute Gasteiger partial charge is 0.275 e. The Hall–Kier alpha value is -1.96. The molecule has 0 spiro atoms. The molecule has 1 aliphatic heterocycles. The van der Waals surface area contributed by atoms with E-state index in [1.165, 1.54) is 21.9 Å². The third kappa shape index (κ3) is 3.43. The van der Waals surface area contributed by atoms with E-state index in [0.717, 1.165) is 30.9 Å². The Morgan fingerprint density at radius 2 is 2.33 bits per heavy atom. The number of piperidine rings is 1. The number of amides is 1. The number of hydrogen-bond donors (Lipinski definition) is 1. The van der Waals surface area contributed by atoms with Gasteiger partial charge in [0.1, 0.15) is 0 Å². The van der Waals surface area contributed by atoms with Gasteiger partial charge in [0.05, 0.1) is 5.92 Å². The number of aryl methyl sites for hydroxylation is 1. The number of hydrogen-bond acceptors (Lipinski definition) is 6. The van der Waals surface area contributed by atoms with Gasteiger partial charge in [0, 0.05) is 30.9 Å². The van der Waals surface area contributed by atoms with Crippen molar-refractivity contribution < 1.29 is 4.79 Å². The van der Waals surface area contributed by atoms with Crippen LogP contribution >= 0.6 is 11.3 Å². The Morgan fingerprint density at radius 1 is 1.54 bits per heavy atom. The van der Waals surface area contributed by atoms with E-state index in [9.17, 15) is 9.59 Å². The molecule has 2 aromatic rings. The van der Waals surface area contributed by atoms with Gasteiger partial charge in [-0.2, -0.15) is 4.52 Å². The monoisotopic (exact) mass is 349 g/mol. The molecule has 1 saturated heterocycles. The van der Waals surface area contributed by atoms with Gasteiger partial charge in [-0.3, -0.25) is 9.59 Å². The number of nitrogens with zero attached hydrogens (tertiary/aromatic N) is 4. The van der Waals surface area contributed by atoms with Gasteiger partial charge in [0.15, 0.2) is 0 Å². The van der Waals surface area contributed by atoms with Crippen molar-refractivity contribution >= 4 is 27.3 Å². The fourth-order valence-electron chi connectivity index (χ4n) is 2.87. The summed E-state index contributed by atoms with van der Waals surface area (Å²) < 4.78 is 1.34. The van der Waals surface area contributed by atoms with Gasteiger partial charge in [0.2, 0.25) is 16.0 Å². The molecule has 0 bridgehead atoms. The standard InChI is InChI=1S/C16H23N5O2S/c1-4-10(2)17-14(23)12-6-5-7-20(9-12)16-19-21-13(22)8-11(3)18-15(21)24-16/h8,10,12H,4-7,9H2,1-3H3,(H,17,23)/t10-,12+/m0/s1. The van der Waals surface area contributed by atoms with Crippen molar-refractivity contribution in [3.05, 3.63) is 22.1 Å². The fourth-order valence-corrected chi connectivity index (χ4v) is 3.85. The van der Waals surface area contributed by atoms with E-state index < -0.39 is 0 Å². The average molecular weight is 349 g/mol. The van der Waals surface area contributed by atoms with Crippen molar-refractivity contribution in [2.45, 2.75) is 46.1 Å². The molecule has 8 heteroatoms. The number of rotatable bonds is 4. The van der Waals surface area contributed by atoms with Crippen LogP contribution in [0.3, 0.4) is 0 Å². The van der Waals surface area contributed by atoms with Crippen molar-refractivity contribution in [3.8, 4) is 0 Å². The molecular weight excluding hydrogens is 326 g/mol. The second-order valence-corrected chi connectivity index (χ2v) is 7.35. The molecule has 24 heavy (non-hydrogen) atoms. The molecule has 0 saturated carbocycles. The zero-order valence-corrected chi connectivity index (χ0v) is 15.1. The van der Waals surface area contributed by atoms with Crippen LogP contribution < -0.4 is 15.8 Å². The predicted octanol–water partition coefficient (Wildman–Crippen LogP) is 1.59. The highest BCUT2D eigenvalue weighted by Gasteiger charge is 2.28. The minimum atomic E-state index is -0.164. The quantitative estimate of drug-likeness (QED) is 0.907. The first-order chi connectivity index (χ1) is 11.5. The maximum Gasteiger partial charge on any atom is 0.275 e. The largest absolute Gasteiger partial charge is 0.353 e. The first kappa shape index (κ1) is 16.9. The highest BCUT2D eigenvalue weighted by molar-refractivity contribution is 7.20. The van der Waals surface area contributed by atoms with Crippen LogP contribution in [0.15, 0.2) is 10.9 Å². The lowest BCUT2D eigenvalue weighted by molar-refractivity contribution is -0.125. The second kappa shape index (κ2) is 6.88. The lowest BCUT2D eigenvalue weighted by Crippen LogP contribution is -2.45. The van der Waals surface area contributed by atoms with Gasteiger partial charge in [0.25, 0.3) is 5.56 Å². The van der Waals surface area contributed by atoms with Gasteiger partial charge in [-0.1, -0.05) is 18.3 Å². The van der Waals surface area contributed by atoms with E-state index in [1.54, 1.807) is 6.92 Å². The van der Waals surface area contributed by atoms with Crippen molar-refractivity contribution in [1.29, 1.82) is 0 Å². The average Bonchev–Trinajstić information content (AvgIpc) is 2.99. The summed E-state index contributed by atoms with van der Waals surface area (Å²) in [6.07, 6.45) is 2.75. The van der Waals surface area contributed by atoms with E-state index in [2.05, 4.69) is 27.2 Å². The maximum absolute atomic E-state index is 12.4. The first-order valence-electron chi connectivity index (χ1n) is 8.40. The third-order valence-electron chi connectivity index (χ3n) is 4.43. The summed E-state index contributed by atoms with van der Waals surface area (Å²) in [7, 11) is 0. The predicted molar refractivity (Wildman–Crippen MR) is 94.7 cm³/mol. The van der Waals surface area contributed by atoms with E-state index >= 15 is 0 Å². The minimum Gasteiger partial charge on any atom is -0.353 e. The zero-order valence-electron chi connectivity index (χ0n) is 14.3. The Kier molecular flexibility index (Phi) is 4.84. The summed E-state index contributed by atoms with van der Waals surface area (Å²) >= 11 is 1.40. The van der Waals surface area contributed by atoms with Crippen LogP contribution in [0.1, 0.15) is 38.8 Å². The van der Waals surface area contributed by atoms with Gasteiger partial charge >= 0.3 is 0 Å². The van der Waals surface area contributed by atoms with Crippen molar-refractivity contribution in [1.82, 2.24) is 19.9 Å². The maximum atomic E-state index is 12.4. The van der Waals surface area contributed by atoms with E-state index in [-0.39, 0.29) is 23.4 Å². The third-order valence-corrected chi connectivity index (χ3v) is 5.40. The van der Waals surface area contributed by atoms with Gasteiger partial charge in [-0.05, 0) is 33.1 Å². The molecule has 0 aliphatic carbocycles. The lowest BCUT2D eigenvalue weighted by Gasteiger charge is -2.32. The van der Waals surface area contributed by atoms with Crippen molar-refractivity contribution in [2.24, 2.45) is 5.92 Å². The molecule has 1 aliphatic rings. The van der Waals surface area contributed by atoms with Gasteiger partial charge < -0.3 is 10.2 Å². The van der Waals surface area contributed by atoms with Crippen LogP contribution in [-0.2, 0) is 4.79 Å². The summed E-state index contributed by atoms with van der Waals surface area (Å²) in [6, 6.07) is 1.68. The number of carbonyl (C=O) groups excluding carboxylic acids is 1. The van der Waals surface area contributed by atoms with Crippen molar-refractivity contribution in [3.63, 3.8) is 0 Å². The van der Waals surface area contributed by atoms with Crippen LogP contribution in [0, 0.1) is 12.8 Å². The number of anilines is 1. The van der Waals surface area contributed by atoms with Gasteiger partial charge in [-0.25, -0.2) is 4.98 Å². The van der Waals surface area contributed by atoms with Crippen LogP contribution in [0.4, 0.5) is 5.13 Å². The molecule has 130 valence electrons. The van der Waals surface area contributed by atoms with Gasteiger partial charge in [-0.15, -0.1) is 5.10 Å². The molecule has 2 aromatic heterocycles. The molecule has 1 fully saturated rings. The molecule has 1 N–H and O–H groups in total. The number of carbonyl (C=O) groups is 1. The number of fused-ring (bicyclic) bond motifs is 1. The molecule has 0 radical (unpaired) electrons. The Balaban J connectivity index is 1.78.